The molecule has 0 saturated heterocycles. The van der Waals surface area contributed by atoms with Crippen LogP contribution in [0.1, 0.15) is 23.7 Å². The average Bonchev–Trinajstić information content (AvgIpc) is 3.20. The first-order chi connectivity index (χ1) is 17.8. The van der Waals surface area contributed by atoms with Gasteiger partial charge in [-0.1, -0.05) is 30.8 Å². The molecule has 0 saturated carbocycles. The topological polar surface area (TPSA) is 124 Å². The van der Waals surface area contributed by atoms with Gasteiger partial charge in [0.05, 0.1) is 11.1 Å². The first-order valence-electron chi connectivity index (χ1n) is 11.9. The number of ether oxygens (including phenoxy) is 1. The lowest BCUT2D eigenvalue weighted by molar-refractivity contribution is -0.112. The summed E-state index contributed by atoms with van der Waals surface area (Å²) < 4.78 is 7.00. The predicted molar refractivity (Wildman–Crippen MR) is 146 cm³/mol. The summed E-state index contributed by atoms with van der Waals surface area (Å²) in [6.45, 7) is 6.47. The number of carbonyl (C=O) groups is 2. The van der Waals surface area contributed by atoms with E-state index >= 15 is 0 Å². The normalized spacial score (nSPS) is 10.9. The largest absolute Gasteiger partial charge is 0.385 e. The SMILES string of the molecule is C=C(C)C(=O)Nc1ccc(-c2c(-c3ccc(C(=O)NCCCOC)cc3)c3c(N)ncnc3n2C)cc1. The summed E-state index contributed by atoms with van der Waals surface area (Å²) in [6.07, 6.45) is 2.19. The molecule has 4 rings (SSSR count). The quantitative estimate of drug-likeness (QED) is 0.235. The van der Waals surface area contributed by atoms with Crippen LogP contribution in [0.15, 0.2) is 67.0 Å². The van der Waals surface area contributed by atoms with E-state index in [4.69, 9.17) is 10.5 Å². The number of hydrogen-bond acceptors (Lipinski definition) is 6. The first kappa shape index (κ1) is 25.6. The van der Waals surface area contributed by atoms with E-state index in [1.807, 2.05) is 48.0 Å². The molecule has 190 valence electrons. The minimum Gasteiger partial charge on any atom is -0.385 e. The number of methoxy groups -OCH3 is 1. The molecule has 0 spiro atoms. The van der Waals surface area contributed by atoms with Crippen LogP contribution in [0.25, 0.3) is 33.4 Å². The van der Waals surface area contributed by atoms with Gasteiger partial charge in [0, 0.05) is 49.7 Å². The maximum absolute atomic E-state index is 12.5. The summed E-state index contributed by atoms with van der Waals surface area (Å²) in [5.41, 5.74) is 12.2. The lowest BCUT2D eigenvalue weighted by Gasteiger charge is -2.11. The zero-order chi connectivity index (χ0) is 26.5. The Morgan fingerprint density at radius 3 is 2.38 bits per heavy atom. The van der Waals surface area contributed by atoms with Crippen molar-refractivity contribution in [2.45, 2.75) is 13.3 Å². The van der Waals surface area contributed by atoms with Crippen molar-refractivity contribution >= 4 is 34.4 Å². The zero-order valence-electron chi connectivity index (χ0n) is 21.2. The minimum atomic E-state index is -0.232. The second-order valence-electron chi connectivity index (χ2n) is 8.73. The number of amides is 2. The number of hydrogen-bond donors (Lipinski definition) is 3. The minimum absolute atomic E-state index is 0.143. The average molecular weight is 499 g/mol. The number of fused-ring (bicyclic) bond motifs is 1. The van der Waals surface area contributed by atoms with Crippen LogP contribution in [0.3, 0.4) is 0 Å². The molecule has 2 amide bonds. The van der Waals surface area contributed by atoms with Crippen LogP contribution in [-0.4, -0.2) is 46.6 Å². The fourth-order valence-electron chi connectivity index (χ4n) is 4.15. The lowest BCUT2D eigenvalue weighted by Crippen LogP contribution is -2.25. The molecule has 9 heteroatoms. The highest BCUT2D eigenvalue weighted by Crippen LogP contribution is 2.41. The molecule has 0 fully saturated rings. The molecular weight excluding hydrogens is 468 g/mol. The van der Waals surface area contributed by atoms with Gasteiger partial charge in [-0.05, 0) is 48.7 Å². The monoisotopic (exact) mass is 498 g/mol. The number of nitrogen functional groups attached to an aromatic ring is 1. The van der Waals surface area contributed by atoms with E-state index in [1.165, 1.54) is 6.33 Å². The smallest absolute Gasteiger partial charge is 0.251 e. The lowest BCUT2D eigenvalue weighted by atomic mass is 9.97. The van der Waals surface area contributed by atoms with Crippen molar-refractivity contribution in [3.8, 4) is 22.4 Å². The Bertz CT molecular complexity index is 1460. The van der Waals surface area contributed by atoms with Crippen molar-refractivity contribution in [1.29, 1.82) is 0 Å². The van der Waals surface area contributed by atoms with E-state index in [-0.39, 0.29) is 11.8 Å². The Balaban J connectivity index is 1.73. The van der Waals surface area contributed by atoms with Gasteiger partial charge in [0.15, 0.2) is 0 Å². The van der Waals surface area contributed by atoms with Crippen LogP contribution >= 0.6 is 0 Å². The van der Waals surface area contributed by atoms with Gasteiger partial charge in [-0.3, -0.25) is 9.59 Å². The number of anilines is 2. The molecule has 4 N–H and O–H groups in total. The number of carbonyl (C=O) groups excluding carboxylic acids is 2. The molecule has 0 atom stereocenters. The predicted octanol–water partition coefficient (Wildman–Crippen LogP) is 4.17. The van der Waals surface area contributed by atoms with E-state index in [0.717, 1.165) is 34.2 Å². The molecule has 2 aromatic carbocycles. The maximum Gasteiger partial charge on any atom is 0.251 e. The highest BCUT2D eigenvalue weighted by Gasteiger charge is 2.22. The first-order valence-corrected chi connectivity index (χ1v) is 11.9. The van der Waals surface area contributed by atoms with Crippen LogP contribution in [0.4, 0.5) is 11.5 Å². The van der Waals surface area contributed by atoms with Crippen LogP contribution < -0.4 is 16.4 Å². The molecule has 0 radical (unpaired) electrons. The van der Waals surface area contributed by atoms with E-state index < -0.39 is 0 Å². The van der Waals surface area contributed by atoms with Crippen molar-refractivity contribution in [3.63, 3.8) is 0 Å². The van der Waals surface area contributed by atoms with Gasteiger partial charge in [-0.15, -0.1) is 0 Å². The molecular formula is C28H30N6O3. The third-order valence-electron chi connectivity index (χ3n) is 6.05. The van der Waals surface area contributed by atoms with Crippen LogP contribution in [0, 0.1) is 0 Å². The second-order valence-corrected chi connectivity index (χ2v) is 8.73. The second kappa shape index (κ2) is 11.0. The Morgan fingerprint density at radius 2 is 1.73 bits per heavy atom. The molecule has 9 nitrogen and oxygen atoms in total. The van der Waals surface area contributed by atoms with Crippen molar-refractivity contribution in [3.05, 3.63) is 72.6 Å². The van der Waals surface area contributed by atoms with Crippen molar-refractivity contribution < 1.29 is 14.3 Å². The van der Waals surface area contributed by atoms with Crippen LogP contribution in [0.2, 0.25) is 0 Å². The van der Waals surface area contributed by atoms with E-state index in [1.54, 1.807) is 26.2 Å². The fourth-order valence-corrected chi connectivity index (χ4v) is 4.15. The number of nitrogens with zero attached hydrogens (tertiary/aromatic N) is 3. The summed E-state index contributed by atoms with van der Waals surface area (Å²) in [5, 5.41) is 6.46. The number of nitrogens with one attached hydrogen (secondary N) is 2. The molecule has 0 aliphatic rings. The Morgan fingerprint density at radius 1 is 1.05 bits per heavy atom. The van der Waals surface area contributed by atoms with E-state index in [0.29, 0.717) is 41.4 Å². The summed E-state index contributed by atoms with van der Waals surface area (Å²) in [5.74, 6) is -0.00731. The molecule has 0 unspecified atom stereocenters. The molecule has 0 bridgehead atoms. The number of aromatic nitrogens is 3. The van der Waals surface area contributed by atoms with Gasteiger partial charge < -0.3 is 25.7 Å². The van der Waals surface area contributed by atoms with Crippen LogP contribution in [-0.2, 0) is 16.6 Å². The van der Waals surface area contributed by atoms with Gasteiger partial charge in [0.1, 0.15) is 17.8 Å². The molecule has 4 aromatic rings. The highest BCUT2D eigenvalue weighted by atomic mass is 16.5. The van der Waals surface area contributed by atoms with Crippen molar-refractivity contribution in [1.82, 2.24) is 19.9 Å². The fraction of sp³-hybridized carbons (Fsp3) is 0.214. The number of aryl methyl sites for hydroxylation is 1. The van der Waals surface area contributed by atoms with Gasteiger partial charge in [-0.2, -0.15) is 0 Å². The Kier molecular flexibility index (Phi) is 7.64. The maximum atomic E-state index is 12.5. The molecule has 2 aromatic heterocycles. The van der Waals surface area contributed by atoms with Gasteiger partial charge in [0.25, 0.3) is 11.8 Å². The molecule has 2 heterocycles. The van der Waals surface area contributed by atoms with Gasteiger partial charge in [0.2, 0.25) is 0 Å². The molecule has 37 heavy (non-hydrogen) atoms. The summed E-state index contributed by atoms with van der Waals surface area (Å²) >= 11 is 0. The number of benzene rings is 2. The highest BCUT2D eigenvalue weighted by molar-refractivity contribution is 6.08. The summed E-state index contributed by atoms with van der Waals surface area (Å²) in [4.78, 5) is 33.2. The van der Waals surface area contributed by atoms with Gasteiger partial charge in [-0.25, -0.2) is 9.97 Å². The number of nitrogens with two attached hydrogens (primary N) is 1. The third kappa shape index (κ3) is 5.36. The van der Waals surface area contributed by atoms with E-state index in [2.05, 4.69) is 27.2 Å². The molecule has 0 aliphatic heterocycles. The van der Waals surface area contributed by atoms with Crippen molar-refractivity contribution in [2.75, 3.05) is 31.3 Å². The summed E-state index contributed by atoms with van der Waals surface area (Å²) in [7, 11) is 3.56. The Labute approximate surface area is 215 Å². The van der Waals surface area contributed by atoms with E-state index in [9.17, 15) is 9.59 Å². The standard InChI is InChI=1S/C28H30N6O3/c1-17(2)27(35)33-21-12-10-19(11-13-21)24-22(23-25(29)31-16-32-26(23)34(24)3)18-6-8-20(9-7-18)28(36)30-14-5-15-37-4/h6-13,16H,1,5,14-15H2,2-4H3,(H,30,36)(H,33,35)(H2,29,31,32). The third-order valence-corrected chi connectivity index (χ3v) is 6.05. The Hall–Kier alpha value is -4.50. The van der Waals surface area contributed by atoms with Gasteiger partial charge >= 0.3 is 0 Å². The molecule has 0 aliphatic carbocycles. The summed E-state index contributed by atoms with van der Waals surface area (Å²) in [6, 6.07) is 14.9. The van der Waals surface area contributed by atoms with Crippen LogP contribution in [0.5, 0.6) is 0 Å². The zero-order valence-corrected chi connectivity index (χ0v) is 21.2. The number of rotatable bonds is 9. The van der Waals surface area contributed by atoms with Crippen molar-refractivity contribution in [2.24, 2.45) is 7.05 Å².